The third-order valence-electron chi connectivity index (χ3n) is 13.7. The molecule has 0 aromatic heterocycles. The molecule has 4 aromatic rings. The zero-order valence-electron chi connectivity index (χ0n) is 30.7. The third kappa shape index (κ3) is 5.76. The van der Waals surface area contributed by atoms with E-state index >= 15 is 4.39 Å². The zero-order chi connectivity index (χ0) is 35.7. The van der Waals surface area contributed by atoms with E-state index in [9.17, 15) is 4.79 Å². The summed E-state index contributed by atoms with van der Waals surface area (Å²) >= 11 is 0. The van der Waals surface area contributed by atoms with Crippen LogP contribution in [0.2, 0.25) is 0 Å². The van der Waals surface area contributed by atoms with Crippen LogP contribution in [-0.2, 0) is 13.0 Å². The highest BCUT2D eigenvalue weighted by atomic mass is 19.1. The van der Waals surface area contributed by atoms with Gasteiger partial charge in [-0.1, -0.05) is 54.6 Å². The van der Waals surface area contributed by atoms with Crippen molar-refractivity contribution in [3.05, 3.63) is 118 Å². The third-order valence-corrected chi connectivity index (χ3v) is 13.7. The van der Waals surface area contributed by atoms with Crippen molar-refractivity contribution >= 4 is 17.3 Å². The van der Waals surface area contributed by atoms with Gasteiger partial charge in [0.15, 0.2) is 0 Å². The Hall–Kier alpha value is -4.56. The number of rotatable bonds is 6. The molecule has 1 saturated carbocycles. The number of benzene rings is 4. The fourth-order valence-electron chi connectivity index (χ4n) is 11.0. The van der Waals surface area contributed by atoms with Gasteiger partial charge in [-0.3, -0.25) is 9.69 Å². The number of amides is 1. The van der Waals surface area contributed by atoms with Gasteiger partial charge >= 0.3 is 0 Å². The predicted molar refractivity (Wildman–Crippen MR) is 206 cm³/mol. The highest BCUT2D eigenvalue weighted by molar-refractivity contribution is 5.99. The van der Waals surface area contributed by atoms with E-state index in [4.69, 9.17) is 9.47 Å². The summed E-state index contributed by atoms with van der Waals surface area (Å²) in [4.78, 5) is 19.6. The average Bonchev–Trinajstić information content (AvgIpc) is 3.55. The van der Waals surface area contributed by atoms with E-state index < -0.39 is 0 Å². The zero-order valence-corrected chi connectivity index (χ0v) is 30.7. The Kier molecular flexibility index (Phi) is 8.15. The molecule has 2 aliphatic carbocycles. The number of hydrogen-bond acceptors (Lipinski definition) is 6. The molecule has 7 nitrogen and oxygen atoms in total. The van der Waals surface area contributed by atoms with E-state index in [1.807, 2.05) is 12.1 Å². The van der Waals surface area contributed by atoms with Crippen LogP contribution in [0.25, 0.3) is 0 Å². The average molecular weight is 713 g/mol. The molecule has 10 rings (SSSR count). The summed E-state index contributed by atoms with van der Waals surface area (Å²) in [6.45, 7) is 7.24. The van der Waals surface area contributed by atoms with Crippen LogP contribution in [0.4, 0.5) is 15.8 Å². The molecule has 0 radical (unpaired) electrons. The Morgan fingerprint density at radius 1 is 0.906 bits per heavy atom. The van der Waals surface area contributed by atoms with Crippen LogP contribution in [0.5, 0.6) is 11.5 Å². The Morgan fingerprint density at radius 2 is 1.72 bits per heavy atom. The first-order valence-electron chi connectivity index (χ1n) is 19.8. The van der Waals surface area contributed by atoms with Crippen molar-refractivity contribution in [2.45, 2.75) is 62.9 Å². The maximum Gasteiger partial charge on any atom is 0.252 e. The summed E-state index contributed by atoms with van der Waals surface area (Å²) in [6, 6.07) is 27.6. The van der Waals surface area contributed by atoms with Crippen LogP contribution < -0.4 is 24.6 Å². The van der Waals surface area contributed by atoms with E-state index in [0.29, 0.717) is 30.3 Å². The molecule has 4 aliphatic heterocycles. The molecule has 3 atom stereocenters. The van der Waals surface area contributed by atoms with E-state index in [1.165, 1.54) is 29.5 Å². The van der Waals surface area contributed by atoms with Gasteiger partial charge in [0.1, 0.15) is 23.9 Å². The number of hydrogen-bond donors (Lipinski definition) is 1. The minimum atomic E-state index is -0.138. The molecule has 4 heterocycles. The van der Waals surface area contributed by atoms with E-state index in [-0.39, 0.29) is 23.6 Å². The largest absolute Gasteiger partial charge is 0.496 e. The number of carbonyl (C=O) groups excluding carboxylic acids is 1. The smallest absolute Gasteiger partial charge is 0.252 e. The van der Waals surface area contributed by atoms with Gasteiger partial charge in [0.2, 0.25) is 0 Å². The Labute approximate surface area is 312 Å². The quantitative estimate of drug-likeness (QED) is 0.223. The number of halogens is 1. The van der Waals surface area contributed by atoms with Gasteiger partial charge in [0.05, 0.1) is 24.5 Å². The Morgan fingerprint density at radius 3 is 2.55 bits per heavy atom. The number of aryl methyl sites for hydroxylation is 1. The molecule has 1 amide bonds. The lowest BCUT2D eigenvalue weighted by molar-refractivity contribution is 0.00294. The van der Waals surface area contributed by atoms with Crippen LogP contribution in [0.3, 0.4) is 0 Å². The molecule has 4 aromatic carbocycles. The Balaban J connectivity index is 0.786. The van der Waals surface area contributed by atoms with Gasteiger partial charge < -0.3 is 24.6 Å². The van der Waals surface area contributed by atoms with Crippen LogP contribution in [0, 0.1) is 17.2 Å². The second-order valence-electron chi connectivity index (χ2n) is 16.6. The maximum atomic E-state index is 16.4. The Bertz CT molecular complexity index is 2040. The molecule has 6 aliphatic rings. The SMILES string of the molecule is COc1cc(N2CCC3(CC2)CC(CN2CCN4c5cc6c(cc5OCC4C2)C(=O)NC6)C3)c(F)cc1C1c2ccccc2CCC1c1ccccc1. The first kappa shape index (κ1) is 33.0. The van der Waals surface area contributed by atoms with E-state index in [0.717, 1.165) is 105 Å². The number of anilines is 2. The molecule has 8 heteroatoms. The number of piperidine rings is 1. The number of piperazine rings is 1. The standard InChI is InChI=1S/C45H49FN4O3/c1-52-41-22-39(38(46)20-37(41)43-34-10-6-5-9-31(34)11-12-35(43)30-7-3-2-4-8-30)49-15-13-45(14-16-49)23-29(24-45)26-48-17-18-50-33(27-48)28-53-42-21-36-32(19-40(42)50)25-47-44(36)51/h2-10,19-22,29,33,35,43H,11-18,23-28H2,1H3,(H,47,51). The van der Waals surface area contributed by atoms with Crippen molar-refractivity contribution in [2.75, 3.05) is 62.8 Å². The minimum Gasteiger partial charge on any atom is -0.496 e. The molecule has 274 valence electrons. The monoisotopic (exact) mass is 712 g/mol. The number of carbonyl (C=O) groups is 1. The molecule has 1 spiro atoms. The highest BCUT2D eigenvalue weighted by Crippen LogP contribution is 2.54. The fraction of sp³-hybridized carbons (Fsp3) is 0.444. The number of nitrogens with one attached hydrogen (secondary N) is 1. The van der Waals surface area contributed by atoms with Gasteiger partial charge in [-0.25, -0.2) is 4.39 Å². The van der Waals surface area contributed by atoms with Crippen LogP contribution in [0.1, 0.15) is 82.1 Å². The number of nitrogens with zero attached hydrogens (tertiary/aromatic N) is 3. The summed E-state index contributed by atoms with van der Waals surface area (Å²) in [5, 5.41) is 2.94. The molecule has 53 heavy (non-hydrogen) atoms. The lowest BCUT2D eigenvalue weighted by atomic mass is 9.57. The van der Waals surface area contributed by atoms with Crippen molar-refractivity contribution in [3.8, 4) is 11.5 Å². The first-order valence-corrected chi connectivity index (χ1v) is 19.8. The molecule has 1 N–H and O–H groups in total. The van der Waals surface area contributed by atoms with Crippen LogP contribution in [-0.4, -0.2) is 69.8 Å². The van der Waals surface area contributed by atoms with Gasteiger partial charge in [-0.05, 0) is 96.2 Å². The van der Waals surface area contributed by atoms with Gasteiger partial charge in [0.25, 0.3) is 5.91 Å². The van der Waals surface area contributed by atoms with Gasteiger partial charge in [-0.15, -0.1) is 0 Å². The van der Waals surface area contributed by atoms with E-state index in [1.54, 1.807) is 13.2 Å². The molecule has 3 fully saturated rings. The van der Waals surface area contributed by atoms with Crippen molar-refractivity contribution < 1.29 is 18.7 Å². The lowest BCUT2D eigenvalue weighted by Gasteiger charge is -2.54. The number of fused-ring (bicyclic) bond motifs is 5. The molecular weight excluding hydrogens is 664 g/mol. The summed E-state index contributed by atoms with van der Waals surface area (Å²) < 4.78 is 28.7. The number of methoxy groups -OCH3 is 1. The molecule has 0 bridgehead atoms. The summed E-state index contributed by atoms with van der Waals surface area (Å²) in [6.07, 6.45) is 6.81. The molecular formula is C45H49FN4O3. The lowest BCUT2D eigenvalue weighted by Crippen LogP contribution is -2.59. The molecule has 3 unspecified atom stereocenters. The maximum absolute atomic E-state index is 16.4. The van der Waals surface area contributed by atoms with Crippen molar-refractivity contribution in [3.63, 3.8) is 0 Å². The van der Waals surface area contributed by atoms with Crippen molar-refractivity contribution in [1.82, 2.24) is 10.2 Å². The molecule has 2 saturated heterocycles. The minimum absolute atomic E-state index is 0.00224. The van der Waals surface area contributed by atoms with Gasteiger partial charge in [0, 0.05) is 68.9 Å². The topological polar surface area (TPSA) is 57.3 Å². The highest BCUT2D eigenvalue weighted by Gasteiger charge is 2.47. The normalized spacial score (nSPS) is 24.7. The summed E-state index contributed by atoms with van der Waals surface area (Å²) in [7, 11) is 1.73. The summed E-state index contributed by atoms with van der Waals surface area (Å²) in [5.74, 6) is 2.51. The van der Waals surface area contributed by atoms with Crippen LogP contribution >= 0.6 is 0 Å². The number of ether oxygens (including phenoxy) is 2. The van der Waals surface area contributed by atoms with Crippen molar-refractivity contribution in [1.29, 1.82) is 0 Å². The first-order chi connectivity index (χ1) is 25.9. The summed E-state index contributed by atoms with van der Waals surface area (Å²) in [5.41, 5.74) is 8.94. The second-order valence-corrected chi connectivity index (χ2v) is 16.6. The van der Waals surface area contributed by atoms with Crippen LogP contribution in [0.15, 0.2) is 78.9 Å². The van der Waals surface area contributed by atoms with Crippen molar-refractivity contribution in [2.24, 2.45) is 11.3 Å². The second kappa shape index (κ2) is 13.1. The fourth-order valence-corrected chi connectivity index (χ4v) is 11.0. The van der Waals surface area contributed by atoms with Gasteiger partial charge in [-0.2, -0.15) is 0 Å². The van der Waals surface area contributed by atoms with E-state index in [2.05, 4.69) is 80.7 Å². The predicted octanol–water partition coefficient (Wildman–Crippen LogP) is 7.52.